The van der Waals surface area contributed by atoms with Gasteiger partial charge in [-0.05, 0) is 32.1 Å². The lowest BCUT2D eigenvalue weighted by Crippen LogP contribution is -2.52. The minimum Gasteiger partial charge on any atom is -0.480 e. The normalized spacial score (nSPS) is 31.0. The Morgan fingerprint density at radius 1 is 1.14 bits per heavy atom. The van der Waals surface area contributed by atoms with E-state index in [1.165, 1.54) is 7.11 Å². The van der Waals surface area contributed by atoms with Crippen LogP contribution in [-0.2, 0) is 24.3 Å². The Balaban J connectivity index is 2.27. The van der Waals surface area contributed by atoms with E-state index >= 15 is 0 Å². The van der Waals surface area contributed by atoms with Crippen LogP contribution < -0.4 is 0 Å². The number of carboxylic acids is 1. The maximum Gasteiger partial charge on any atom is 0.322 e. The van der Waals surface area contributed by atoms with Crippen LogP contribution in [0, 0.1) is 5.92 Å². The van der Waals surface area contributed by atoms with E-state index < -0.39 is 39.2 Å². The SMILES string of the molecule is COC(=O)C1CCCC1S(=O)(=O)N1CCCCC1C(=O)O. The molecule has 2 aliphatic rings. The summed E-state index contributed by atoms with van der Waals surface area (Å²) in [6, 6.07) is -1.01. The van der Waals surface area contributed by atoms with Crippen LogP contribution in [-0.4, -0.2) is 54.7 Å². The second kappa shape index (κ2) is 6.31. The third-order valence-corrected chi connectivity index (χ3v) is 6.82. The molecule has 0 radical (unpaired) electrons. The van der Waals surface area contributed by atoms with E-state index in [2.05, 4.69) is 4.74 Å². The highest BCUT2D eigenvalue weighted by Gasteiger charge is 2.48. The molecule has 120 valence electrons. The van der Waals surface area contributed by atoms with Crippen LogP contribution >= 0.6 is 0 Å². The molecule has 2 fully saturated rings. The summed E-state index contributed by atoms with van der Waals surface area (Å²) < 4.78 is 31.3. The van der Waals surface area contributed by atoms with Gasteiger partial charge in [0.2, 0.25) is 10.0 Å². The van der Waals surface area contributed by atoms with Crippen molar-refractivity contribution >= 4 is 22.0 Å². The predicted molar refractivity (Wildman–Crippen MR) is 74.0 cm³/mol. The first-order chi connectivity index (χ1) is 9.89. The van der Waals surface area contributed by atoms with E-state index in [-0.39, 0.29) is 6.54 Å². The summed E-state index contributed by atoms with van der Waals surface area (Å²) in [6.45, 7) is 0.212. The van der Waals surface area contributed by atoms with Gasteiger partial charge in [-0.1, -0.05) is 6.42 Å². The zero-order valence-electron chi connectivity index (χ0n) is 12.0. The van der Waals surface area contributed by atoms with Crippen molar-refractivity contribution < 1.29 is 27.9 Å². The number of carboxylic acid groups (broad SMARTS) is 1. The van der Waals surface area contributed by atoms with Crippen LogP contribution in [0.2, 0.25) is 0 Å². The van der Waals surface area contributed by atoms with Gasteiger partial charge in [0.25, 0.3) is 0 Å². The lowest BCUT2D eigenvalue weighted by molar-refractivity contribution is -0.145. The molecule has 1 N–H and O–H groups in total. The number of ether oxygens (including phenoxy) is 1. The van der Waals surface area contributed by atoms with E-state index in [1.54, 1.807) is 0 Å². The van der Waals surface area contributed by atoms with E-state index in [4.69, 9.17) is 0 Å². The second-order valence-corrected chi connectivity index (χ2v) is 7.71. The van der Waals surface area contributed by atoms with Crippen LogP contribution in [0.1, 0.15) is 38.5 Å². The number of esters is 1. The van der Waals surface area contributed by atoms with Crippen molar-refractivity contribution in [3.8, 4) is 0 Å². The molecule has 1 saturated heterocycles. The quantitative estimate of drug-likeness (QED) is 0.761. The summed E-state index contributed by atoms with van der Waals surface area (Å²) in [5.74, 6) is -2.33. The smallest absolute Gasteiger partial charge is 0.322 e. The van der Waals surface area contributed by atoms with Crippen LogP contribution in [0.3, 0.4) is 0 Å². The summed E-state index contributed by atoms with van der Waals surface area (Å²) in [4.78, 5) is 23.0. The standard InChI is InChI=1S/C13H21NO6S/c1-20-13(17)9-5-4-7-11(9)21(18,19)14-8-3-2-6-10(14)12(15)16/h9-11H,2-8H2,1H3,(H,15,16). The van der Waals surface area contributed by atoms with E-state index in [9.17, 15) is 23.1 Å². The van der Waals surface area contributed by atoms with Crippen molar-refractivity contribution in [2.75, 3.05) is 13.7 Å². The van der Waals surface area contributed by atoms with E-state index in [0.29, 0.717) is 38.5 Å². The largest absolute Gasteiger partial charge is 0.480 e. The number of hydrogen-bond donors (Lipinski definition) is 1. The Bertz CT molecular complexity index is 517. The molecule has 3 unspecified atom stereocenters. The number of nitrogens with zero attached hydrogens (tertiary/aromatic N) is 1. The zero-order valence-corrected chi connectivity index (χ0v) is 12.8. The second-order valence-electron chi connectivity index (χ2n) is 5.60. The number of carbonyl (C=O) groups is 2. The highest BCUT2D eigenvalue weighted by molar-refractivity contribution is 7.89. The van der Waals surface area contributed by atoms with Gasteiger partial charge in [0, 0.05) is 6.54 Å². The lowest BCUT2D eigenvalue weighted by atomic mass is 10.1. The van der Waals surface area contributed by atoms with Crippen LogP contribution in [0.15, 0.2) is 0 Å². The summed E-state index contributed by atoms with van der Waals surface area (Å²) in [6.07, 6.45) is 3.17. The molecule has 21 heavy (non-hydrogen) atoms. The van der Waals surface area contributed by atoms with Gasteiger partial charge in [-0.15, -0.1) is 0 Å². The molecule has 3 atom stereocenters. The van der Waals surface area contributed by atoms with Gasteiger partial charge in [-0.2, -0.15) is 4.31 Å². The minimum atomic E-state index is -3.81. The monoisotopic (exact) mass is 319 g/mol. The van der Waals surface area contributed by atoms with Crippen LogP contribution in [0.5, 0.6) is 0 Å². The fourth-order valence-electron chi connectivity index (χ4n) is 3.33. The Hall–Kier alpha value is -1.15. The van der Waals surface area contributed by atoms with E-state index in [1.807, 2.05) is 0 Å². The van der Waals surface area contributed by atoms with Gasteiger partial charge in [0.1, 0.15) is 6.04 Å². The average molecular weight is 319 g/mol. The Kier molecular flexibility index (Phi) is 4.88. The molecule has 1 heterocycles. The molecule has 0 spiro atoms. The van der Waals surface area contributed by atoms with Gasteiger partial charge in [-0.25, -0.2) is 8.42 Å². The minimum absolute atomic E-state index is 0.212. The maximum absolute atomic E-state index is 12.8. The lowest BCUT2D eigenvalue weighted by Gasteiger charge is -2.34. The number of piperidine rings is 1. The molecule has 7 nitrogen and oxygen atoms in total. The molecule has 1 aliphatic heterocycles. The molecule has 0 aromatic carbocycles. The number of carbonyl (C=O) groups excluding carboxylic acids is 1. The Labute approximate surface area is 124 Å². The fraction of sp³-hybridized carbons (Fsp3) is 0.846. The van der Waals surface area contributed by atoms with Crippen molar-refractivity contribution in [1.82, 2.24) is 4.31 Å². The number of rotatable bonds is 4. The Morgan fingerprint density at radius 2 is 1.86 bits per heavy atom. The highest BCUT2D eigenvalue weighted by Crippen LogP contribution is 2.35. The number of sulfonamides is 1. The number of hydrogen-bond acceptors (Lipinski definition) is 5. The summed E-state index contributed by atoms with van der Waals surface area (Å²) >= 11 is 0. The fourth-order valence-corrected chi connectivity index (χ4v) is 5.74. The molecule has 0 amide bonds. The highest BCUT2D eigenvalue weighted by atomic mass is 32.2. The van der Waals surface area contributed by atoms with Crippen molar-refractivity contribution in [2.24, 2.45) is 5.92 Å². The first-order valence-corrected chi connectivity index (χ1v) is 8.71. The Morgan fingerprint density at radius 3 is 2.48 bits per heavy atom. The molecule has 1 aliphatic carbocycles. The molecular formula is C13H21NO6S. The molecule has 2 rings (SSSR count). The predicted octanol–water partition coefficient (Wildman–Crippen LogP) is 0.597. The van der Waals surface area contributed by atoms with Gasteiger partial charge in [-0.3, -0.25) is 9.59 Å². The molecule has 0 bridgehead atoms. The summed E-state index contributed by atoms with van der Waals surface area (Å²) in [5.41, 5.74) is 0. The first kappa shape index (κ1) is 16.2. The van der Waals surface area contributed by atoms with Crippen LogP contribution in [0.4, 0.5) is 0 Å². The summed E-state index contributed by atoms with van der Waals surface area (Å²) in [7, 11) is -2.57. The number of methoxy groups -OCH3 is 1. The molecule has 0 aromatic heterocycles. The average Bonchev–Trinajstić information content (AvgIpc) is 2.96. The van der Waals surface area contributed by atoms with Gasteiger partial charge < -0.3 is 9.84 Å². The van der Waals surface area contributed by atoms with Crippen molar-refractivity contribution in [3.63, 3.8) is 0 Å². The van der Waals surface area contributed by atoms with Gasteiger partial charge in [0.15, 0.2) is 0 Å². The third-order valence-electron chi connectivity index (χ3n) is 4.40. The van der Waals surface area contributed by atoms with Crippen LogP contribution in [0.25, 0.3) is 0 Å². The van der Waals surface area contributed by atoms with E-state index in [0.717, 1.165) is 4.31 Å². The van der Waals surface area contributed by atoms with Crippen molar-refractivity contribution in [3.05, 3.63) is 0 Å². The molecule has 0 aromatic rings. The molecular weight excluding hydrogens is 298 g/mol. The van der Waals surface area contributed by atoms with Gasteiger partial charge >= 0.3 is 11.9 Å². The number of aliphatic carboxylic acids is 1. The molecule has 1 saturated carbocycles. The van der Waals surface area contributed by atoms with Crippen molar-refractivity contribution in [1.29, 1.82) is 0 Å². The third kappa shape index (κ3) is 3.06. The zero-order chi connectivity index (χ0) is 15.6. The first-order valence-electron chi connectivity index (χ1n) is 7.21. The van der Waals surface area contributed by atoms with Gasteiger partial charge in [0.05, 0.1) is 18.3 Å². The van der Waals surface area contributed by atoms with Crippen molar-refractivity contribution in [2.45, 2.75) is 49.8 Å². The summed E-state index contributed by atoms with van der Waals surface area (Å²) in [5, 5.41) is 8.38. The maximum atomic E-state index is 12.8. The molecule has 8 heteroatoms. The topological polar surface area (TPSA) is 101 Å².